The number of aromatic amines is 2. The van der Waals surface area contributed by atoms with E-state index in [0.717, 1.165) is 96.4 Å². The fourth-order valence-electron chi connectivity index (χ4n) is 8.90. The summed E-state index contributed by atoms with van der Waals surface area (Å²) in [6.45, 7) is 2.93. The second-order valence-corrected chi connectivity index (χ2v) is 15.9. The van der Waals surface area contributed by atoms with Crippen LogP contribution in [0.15, 0.2) is 48.5 Å². The summed E-state index contributed by atoms with van der Waals surface area (Å²) in [6, 6.07) is 14.8. The summed E-state index contributed by atoms with van der Waals surface area (Å²) < 4.78 is 21.8. The van der Waals surface area contributed by atoms with Crippen LogP contribution in [-0.4, -0.2) is 106 Å². The average molecular weight is 823 g/mol. The number of nitrogens with one attached hydrogen (secondary N) is 4. The molecule has 4 bridgehead atoms. The minimum atomic E-state index is -0.678. The van der Waals surface area contributed by atoms with Gasteiger partial charge in [0.1, 0.15) is 23.7 Å². The van der Waals surface area contributed by atoms with E-state index >= 15 is 0 Å². The van der Waals surface area contributed by atoms with Crippen molar-refractivity contribution in [3.8, 4) is 33.6 Å². The van der Waals surface area contributed by atoms with Crippen molar-refractivity contribution in [3.05, 3.63) is 71.6 Å². The van der Waals surface area contributed by atoms with Gasteiger partial charge in [0.05, 0.1) is 62.3 Å². The van der Waals surface area contributed by atoms with E-state index in [1.807, 2.05) is 9.80 Å². The van der Waals surface area contributed by atoms with Gasteiger partial charge in [-0.15, -0.1) is 0 Å². The molecule has 16 nitrogen and oxygen atoms in total. The second kappa shape index (κ2) is 18.7. The number of hydrogen-bond donors (Lipinski definition) is 4. The van der Waals surface area contributed by atoms with Crippen molar-refractivity contribution in [2.24, 2.45) is 0 Å². The van der Waals surface area contributed by atoms with Gasteiger partial charge in [-0.25, -0.2) is 19.6 Å². The van der Waals surface area contributed by atoms with Gasteiger partial charge in [-0.2, -0.15) is 0 Å². The zero-order valence-corrected chi connectivity index (χ0v) is 34.3. The van der Waals surface area contributed by atoms with Crippen LogP contribution in [0.5, 0.6) is 0 Å². The molecule has 4 atom stereocenters. The Hall–Kier alpha value is -5.74. The Morgan fingerprint density at radius 1 is 0.600 bits per heavy atom. The first-order valence-corrected chi connectivity index (χ1v) is 21.2. The molecule has 318 valence electrons. The molecule has 4 aliphatic rings. The highest BCUT2D eigenvalue weighted by molar-refractivity contribution is 5.87. The molecular weight excluding hydrogens is 769 g/mol. The van der Waals surface area contributed by atoms with Crippen molar-refractivity contribution in [3.63, 3.8) is 0 Å². The van der Waals surface area contributed by atoms with E-state index in [2.05, 4.69) is 69.1 Å². The molecule has 0 aliphatic carbocycles. The quantitative estimate of drug-likeness (QED) is 0.177. The number of nitrogens with zero attached hydrogens (tertiary/aromatic N) is 4. The van der Waals surface area contributed by atoms with Crippen LogP contribution in [0.3, 0.4) is 0 Å². The Balaban J connectivity index is 1.01. The third kappa shape index (κ3) is 8.89. The van der Waals surface area contributed by atoms with Crippen LogP contribution in [0.1, 0.15) is 99.3 Å². The van der Waals surface area contributed by atoms with Gasteiger partial charge in [0.2, 0.25) is 11.8 Å². The van der Waals surface area contributed by atoms with Crippen LogP contribution >= 0.6 is 0 Å². The molecule has 8 rings (SSSR count). The fourth-order valence-corrected chi connectivity index (χ4v) is 8.90. The van der Waals surface area contributed by atoms with E-state index in [9.17, 15) is 19.2 Å². The summed E-state index contributed by atoms with van der Waals surface area (Å²) in [7, 11) is 2.60. The van der Waals surface area contributed by atoms with E-state index in [1.54, 1.807) is 0 Å². The SMILES string of the molecule is COC(=O)N[C@H]1CCCCOCc2[nH]c(nc2-c2ccc(-c3ccc(-c4nc5[nH]c4COCCCC[C@H](NC(=O)OC)C(=O)N4CCC[C@@H]54)cc3)cc2)[C@@H]2CCCN2C1=O. The Kier molecular flexibility index (Phi) is 12.8. The molecule has 2 fully saturated rings. The number of alkyl carbamates (subject to hydrolysis) is 2. The van der Waals surface area contributed by atoms with Gasteiger partial charge < -0.3 is 49.3 Å². The summed E-state index contributed by atoms with van der Waals surface area (Å²) in [5.74, 6) is 1.18. The average Bonchev–Trinajstić information content (AvgIpc) is 4.11. The molecule has 6 heterocycles. The van der Waals surface area contributed by atoms with Gasteiger partial charge in [0.25, 0.3) is 0 Å². The number of carbonyl (C=O) groups is 4. The molecule has 4 amide bonds. The molecule has 4 aliphatic heterocycles. The Morgan fingerprint density at radius 2 is 1.00 bits per heavy atom. The Morgan fingerprint density at radius 3 is 1.40 bits per heavy atom. The van der Waals surface area contributed by atoms with Crippen LogP contribution < -0.4 is 10.6 Å². The number of ether oxygens (including phenoxy) is 4. The topological polar surface area (TPSA) is 193 Å². The normalized spacial score (nSPS) is 22.8. The number of rotatable bonds is 5. The third-order valence-corrected chi connectivity index (χ3v) is 12.1. The first-order chi connectivity index (χ1) is 29.3. The van der Waals surface area contributed by atoms with Crippen molar-refractivity contribution in [1.29, 1.82) is 0 Å². The highest BCUT2D eigenvalue weighted by Crippen LogP contribution is 2.37. The van der Waals surface area contributed by atoms with Crippen molar-refractivity contribution in [2.75, 3.05) is 40.5 Å². The smallest absolute Gasteiger partial charge is 0.407 e. The number of aromatic nitrogens is 4. The highest BCUT2D eigenvalue weighted by atomic mass is 16.5. The van der Waals surface area contributed by atoms with Crippen LogP contribution in [-0.2, 0) is 41.8 Å². The third-order valence-electron chi connectivity index (χ3n) is 12.1. The molecule has 2 aromatic heterocycles. The number of amides is 4. The molecule has 0 radical (unpaired) electrons. The number of fused-ring (bicyclic) bond motifs is 8. The Labute approximate surface area is 349 Å². The summed E-state index contributed by atoms with van der Waals surface area (Å²) in [6.07, 6.45) is 5.92. The van der Waals surface area contributed by atoms with Crippen molar-refractivity contribution < 1.29 is 38.1 Å². The van der Waals surface area contributed by atoms with Crippen molar-refractivity contribution >= 4 is 24.0 Å². The lowest BCUT2D eigenvalue weighted by atomic mass is 10.00. The van der Waals surface area contributed by atoms with E-state index in [1.165, 1.54) is 14.2 Å². The van der Waals surface area contributed by atoms with E-state index in [-0.39, 0.29) is 23.9 Å². The number of benzene rings is 2. The Bertz CT molecular complexity index is 2000. The molecule has 2 aromatic carbocycles. The van der Waals surface area contributed by atoms with E-state index < -0.39 is 24.3 Å². The van der Waals surface area contributed by atoms with Crippen LogP contribution in [0.2, 0.25) is 0 Å². The molecule has 4 aromatic rings. The lowest BCUT2D eigenvalue weighted by molar-refractivity contribution is -0.135. The lowest BCUT2D eigenvalue weighted by Crippen LogP contribution is -2.48. The molecule has 0 unspecified atom stereocenters. The second-order valence-electron chi connectivity index (χ2n) is 15.9. The molecule has 0 spiro atoms. The monoisotopic (exact) mass is 822 g/mol. The zero-order valence-electron chi connectivity index (χ0n) is 34.3. The minimum Gasteiger partial charge on any atom is -0.453 e. The van der Waals surface area contributed by atoms with Gasteiger partial charge in [0, 0.05) is 37.4 Å². The molecule has 16 heteroatoms. The van der Waals surface area contributed by atoms with Gasteiger partial charge >= 0.3 is 12.2 Å². The number of hydrogen-bond acceptors (Lipinski definition) is 10. The molecule has 4 N–H and O–H groups in total. The first-order valence-electron chi connectivity index (χ1n) is 21.2. The zero-order chi connectivity index (χ0) is 41.6. The maximum atomic E-state index is 13.8. The highest BCUT2D eigenvalue weighted by Gasteiger charge is 2.38. The van der Waals surface area contributed by atoms with Crippen LogP contribution in [0.25, 0.3) is 33.6 Å². The molecular formula is C44H54N8O8. The maximum absolute atomic E-state index is 13.8. The standard InChI is InChI=1S/C44H54N8O8/c1-57-43(55)47-31-9-3-5-23-59-25-33-37(49-39(45-33)35-11-7-21-51(35)41(31)53)29-17-13-27(14-18-29)28-15-19-30(20-16-28)38-34-26-60-24-6-4-10-32(48-44(56)58-2)42(54)52-22-8-12-36(52)40(46-34)50-38/h13-20,31-32,35-36H,3-12,21-26H2,1-2H3,(H,45,49)(H,46,50)(H,47,55)(H,48,56)/t31-,32-,35-,36-/m0/s1. The number of H-pyrrole nitrogens is 2. The fraction of sp³-hybridized carbons (Fsp3) is 0.500. The molecule has 2 saturated heterocycles. The van der Waals surface area contributed by atoms with Gasteiger partial charge in [-0.1, -0.05) is 48.5 Å². The summed E-state index contributed by atoms with van der Waals surface area (Å²) >= 11 is 0. The first kappa shape index (κ1) is 41.0. The molecule has 0 saturated carbocycles. The predicted octanol–water partition coefficient (Wildman–Crippen LogP) is 6.31. The molecule has 60 heavy (non-hydrogen) atoms. The summed E-state index contributed by atoms with van der Waals surface area (Å²) in [5.41, 5.74) is 7.25. The lowest BCUT2D eigenvalue weighted by Gasteiger charge is -2.28. The van der Waals surface area contributed by atoms with Crippen LogP contribution in [0.4, 0.5) is 9.59 Å². The van der Waals surface area contributed by atoms with Gasteiger partial charge in [-0.3, -0.25) is 9.59 Å². The minimum absolute atomic E-state index is 0.123. The predicted molar refractivity (Wildman–Crippen MR) is 220 cm³/mol. The largest absolute Gasteiger partial charge is 0.453 e. The summed E-state index contributed by atoms with van der Waals surface area (Å²) in [4.78, 5) is 72.7. The maximum Gasteiger partial charge on any atom is 0.407 e. The van der Waals surface area contributed by atoms with Crippen molar-refractivity contribution in [1.82, 2.24) is 40.4 Å². The van der Waals surface area contributed by atoms with Gasteiger partial charge in [0.15, 0.2) is 0 Å². The number of imidazole rings is 2. The van der Waals surface area contributed by atoms with E-state index in [0.29, 0.717) is 64.0 Å². The summed E-state index contributed by atoms with van der Waals surface area (Å²) in [5, 5.41) is 5.49. The number of carbonyl (C=O) groups excluding carboxylic acids is 4. The van der Waals surface area contributed by atoms with E-state index in [4.69, 9.17) is 28.9 Å². The number of methoxy groups -OCH3 is 2. The van der Waals surface area contributed by atoms with Crippen LogP contribution in [0, 0.1) is 0 Å². The van der Waals surface area contributed by atoms with Gasteiger partial charge in [-0.05, 0) is 75.3 Å². The van der Waals surface area contributed by atoms with Crippen molar-refractivity contribution in [2.45, 2.75) is 102 Å².